The van der Waals surface area contributed by atoms with Gasteiger partial charge in [0.2, 0.25) is 10.0 Å². The van der Waals surface area contributed by atoms with E-state index in [-0.39, 0.29) is 22.2 Å². The summed E-state index contributed by atoms with van der Waals surface area (Å²) in [5.41, 5.74) is 9.65. The van der Waals surface area contributed by atoms with Crippen molar-refractivity contribution in [3.8, 4) is 5.75 Å². The van der Waals surface area contributed by atoms with Crippen molar-refractivity contribution >= 4 is 27.5 Å². The quantitative estimate of drug-likeness (QED) is 0.657. The third-order valence-electron chi connectivity index (χ3n) is 2.49. The van der Waals surface area contributed by atoms with Crippen molar-refractivity contribution in [2.75, 3.05) is 13.2 Å². The van der Waals surface area contributed by atoms with Gasteiger partial charge in [-0.1, -0.05) is 11.6 Å². The highest BCUT2D eigenvalue weighted by molar-refractivity contribution is 7.89. The van der Waals surface area contributed by atoms with Crippen molar-refractivity contribution in [3.63, 3.8) is 0 Å². The molecule has 1 amide bonds. The van der Waals surface area contributed by atoms with Crippen LogP contribution in [0.5, 0.6) is 5.75 Å². The van der Waals surface area contributed by atoms with Crippen molar-refractivity contribution in [1.29, 1.82) is 0 Å². The topological polar surface area (TPSA) is 125 Å². The first kappa shape index (κ1) is 17.7. The van der Waals surface area contributed by atoms with Crippen LogP contribution in [-0.4, -0.2) is 33.0 Å². The summed E-state index contributed by atoms with van der Waals surface area (Å²) >= 11 is 5.83. The molecule has 0 bridgehead atoms. The Morgan fingerprint density at radius 3 is 2.57 bits per heavy atom. The normalized spacial score (nSPS) is 12.2. The molecule has 0 saturated carbocycles. The maximum Gasteiger partial charge on any atom is 0.255 e. The Labute approximate surface area is 128 Å². The van der Waals surface area contributed by atoms with Crippen LogP contribution < -0.4 is 20.9 Å². The molecule has 0 aromatic heterocycles. The van der Waals surface area contributed by atoms with Crippen molar-refractivity contribution < 1.29 is 17.9 Å². The van der Waals surface area contributed by atoms with Gasteiger partial charge in [0.05, 0.1) is 0 Å². The molecule has 0 aliphatic rings. The van der Waals surface area contributed by atoms with Crippen molar-refractivity contribution in [2.45, 2.75) is 24.3 Å². The van der Waals surface area contributed by atoms with Crippen LogP contribution in [0.2, 0.25) is 5.02 Å². The minimum Gasteiger partial charge on any atom is -0.482 e. The highest BCUT2D eigenvalue weighted by atomic mass is 35.5. The molecule has 0 atom stereocenters. The maximum atomic E-state index is 12.4. The van der Waals surface area contributed by atoms with Gasteiger partial charge in [0.1, 0.15) is 10.6 Å². The molecule has 1 rings (SSSR count). The monoisotopic (exact) mass is 335 g/mol. The second kappa shape index (κ2) is 6.61. The molecule has 0 saturated heterocycles. The molecular weight excluding hydrogens is 318 g/mol. The van der Waals surface area contributed by atoms with Crippen LogP contribution in [0.1, 0.15) is 13.8 Å². The average Bonchev–Trinajstić information content (AvgIpc) is 2.36. The van der Waals surface area contributed by atoms with Gasteiger partial charge in [-0.25, -0.2) is 13.1 Å². The number of rotatable bonds is 7. The molecule has 9 heteroatoms. The summed E-state index contributed by atoms with van der Waals surface area (Å²) < 4.78 is 32.4. The van der Waals surface area contributed by atoms with Gasteiger partial charge in [-0.05, 0) is 32.0 Å². The molecule has 0 aliphatic heterocycles. The van der Waals surface area contributed by atoms with E-state index in [0.29, 0.717) is 0 Å². The summed E-state index contributed by atoms with van der Waals surface area (Å²) in [7, 11) is -3.92. The van der Waals surface area contributed by atoms with E-state index in [0.717, 1.165) is 0 Å². The summed E-state index contributed by atoms with van der Waals surface area (Å²) in [5.74, 6) is -0.734. The Balaban J connectivity index is 3.20. The van der Waals surface area contributed by atoms with Crippen LogP contribution >= 0.6 is 11.6 Å². The first-order chi connectivity index (χ1) is 9.57. The largest absolute Gasteiger partial charge is 0.482 e. The summed E-state index contributed by atoms with van der Waals surface area (Å²) in [6, 6.07) is 4.03. The average molecular weight is 336 g/mol. The number of hydrogen-bond acceptors (Lipinski definition) is 5. The predicted molar refractivity (Wildman–Crippen MR) is 79.6 cm³/mol. The van der Waals surface area contributed by atoms with Crippen molar-refractivity contribution in [3.05, 3.63) is 23.2 Å². The molecule has 21 heavy (non-hydrogen) atoms. The first-order valence-corrected chi connectivity index (χ1v) is 7.88. The zero-order valence-electron chi connectivity index (χ0n) is 11.7. The van der Waals surface area contributed by atoms with Gasteiger partial charge in [-0.2, -0.15) is 0 Å². The SMILES string of the molecule is CC(C)(CN)NS(=O)(=O)c1cc(Cl)ccc1OCC(N)=O. The molecule has 7 nitrogen and oxygen atoms in total. The summed E-state index contributed by atoms with van der Waals surface area (Å²) in [5, 5.41) is 0.215. The van der Waals surface area contributed by atoms with E-state index in [1.54, 1.807) is 13.8 Å². The summed E-state index contributed by atoms with van der Waals surface area (Å²) in [6.07, 6.45) is 0. The van der Waals surface area contributed by atoms with Crippen LogP contribution in [-0.2, 0) is 14.8 Å². The van der Waals surface area contributed by atoms with Crippen LogP contribution in [0.15, 0.2) is 23.1 Å². The lowest BCUT2D eigenvalue weighted by Gasteiger charge is -2.24. The number of carbonyl (C=O) groups is 1. The van der Waals surface area contributed by atoms with Crippen molar-refractivity contribution in [2.24, 2.45) is 11.5 Å². The number of primary amides is 1. The highest BCUT2D eigenvalue weighted by Crippen LogP contribution is 2.28. The number of hydrogen-bond donors (Lipinski definition) is 3. The Bertz CT molecular complexity index is 631. The first-order valence-electron chi connectivity index (χ1n) is 6.02. The van der Waals surface area contributed by atoms with Crippen LogP contribution in [0.25, 0.3) is 0 Å². The van der Waals surface area contributed by atoms with Crippen molar-refractivity contribution in [1.82, 2.24) is 4.72 Å². The second-order valence-corrected chi connectivity index (χ2v) is 7.13. The molecule has 1 aromatic rings. The van der Waals surface area contributed by atoms with E-state index in [1.165, 1.54) is 18.2 Å². The van der Waals surface area contributed by atoms with E-state index in [1.807, 2.05) is 0 Å². The summed E-state index contributed by atoms with van der Waals surface area (Å²) in [6.45, 7) is 2.94. The fourth-order valence-corrected chi connectivity index (χ4v) is 3.25. The highest BCUT2D eigenvalue weighted by Gasteiger charge is 2.28. The van der Waals surface area contributed by atoms with Crippen LogP contribution in [0.4, 0.5) is 0 Å². The molecule has 0 spiro atoms. The fraction of sp³-hybridized carbons (Fsp3) is 0.417. The van der Waals surface area contributed by atoms with E-state index >= 15 is 0 Å². The fourth-order valence-electron chi connectivity index (χ4n) is 1.42. The number of benzene rings is 1. The molecule has 1 aromatic carbocycles. The number of sulfonamides is 1. The number of carbonyl (C=O) groups excluding carboxylic acids is 1. The molecule has 118 valence electrons. The third-order valence-corrected chi connectivity index (χ3v) is 4.44. The minimum absolute atomic E-state index is 0.0153. The van der Waals surface area contributed by atoms with Crippen LogP contribution in [0.3, 0.4) is 0 Å². The summed E-state index contributed by atoms with van der Waals surface area (Å²) in [4.78, 5) is 10.6. The van der Waals surface area contributed by atoms with E-state index in [2.05, 4.69) is 4.72 Å². The Morgan fingerprint density at radius 1 is 1.43 bits per heavy atom. The van der Waals surface area contributed by atoms with E-state index in [9.17, 15) is 13.2 Å². The van der Waals surface area contributed by atoms with Gasteiger partial charge in [0, 0.05) is 17.1 Å². The Kier molecular flexibility index (Phi) is 5.57. The molecule has 0 radical (unpaired) electrons. The zero-order chi connectivity index (χ0) is 16.3. The van der Waals surface area contributed by atoms with Gasteiger partial charge in [-0.3, -0.25) is 4.79 Å². The van der Waals surface area contributed by atoms with Crippen LogP contribution in [0, 0.1) is 0 Å². The molecule has 0 heterocycles. The van der Waals surface area contributed by atoms with Gasteiger partial charge < -0.3 is 16.2 Å². The maximum absolute atomic E-state index is 12.4. The smallest absolute Gasteiger partial charge is 0.255 e. The number of nitrogens with two attached hydrogens (primary N) is 2. The number of amides is 1. The molecule has 5 N–H and O–H groups in total. The molecule has 0 unspecified atom stereocenters. The number of halogens is 1. The predicted octanol–water partition coefficient (Wildman–Crippen LogP) is 0.220. The Morgan fingerprint density at radius 2 is 2.05 bits per heavy atom. The zero-order valence-corrected chi connectivity index (χ0v) is 13.3. The van der Waals surface area contributed by atoms with Gasteiger partial charge in [-0.15, -0.1) is 0 Å². The molecular formula is C12H18ClN3O4S. The lowest BCUT2D eigenvalue weighted by Crippen LogP contribution is -2.48. The van der Waals surface area contributed by atoms with Gasteiger partial charge in [0.25, 0.3) is 5.91 Å². The lowest BCUT2D eigenvalue weighted by molar-refractivity contribution is -0.120. The molecule has 0 fully saturated rings. The third kappa shape index (κ3) is 5.16. The van der Waals surface area contributed by atoms with E-state index in [4.69, 9.17) is 27.8 Å². The minimum atomic E-state index is -3.92. The number of nitrogens with one attached hydrogen (secondary N) is 1. The van der Waals surface area contributed by atoms with Gasteiger partial charge >= 0.3 is 0 Å². The standard InChI is InChI=1S/C12H18ClN3O4S/c1-12(2,7-14)16-21(18,19)10-5-8(13)3-4-9(10)20-6-11(15)17/h3-5,16H,6-7,14H2,1-2H3,(H2,15,17). The van der Waals surface area contributed by atoms with E-state index < -0.39 is 28.1 Å². The lowest BCUT2D eigenvalue weighted by atomic mass is 10.1. The Hall–Kier alpha value is -1.35. The second-order valence-electron chi connectivity index (χ2n) is 5.04. The number of ether oxygens (including phenoxy) is 1. The molecule has 0 aliphatic carbocycles. The van der Waals surface area contributed by atoms with Gasteiger partial charge in [0.15, 0.2) is 6.61 Å².